The van der Waals surface area contributed by atoms with Gasteiger partial charge in [0.1, 0.15) is 5.75 Å². The van der Waals surface area contributed by atoms with Crippen molar-refractivity contribution in [3.05, 3.63) is 23.6 Å². The molecular weight excluding hydrogens is 226 g/mol. The van der Waals surface area contributed by atoms with Gasteiger partial charge in [-0.1, -0.05) is 34.6 Å². The molecule has 0 saturated carbocycles. The van der Waals surface area contributed by atoms with Crippen LogP contribution in [-0.4, -0.2) is 12.1 Å². The van der Waals surface area contributed by atoms with Crippen LogP contribution >= 0.6 is 0 Å². The Morgan fingerprint density at radius 3 is 2.39 bits per heavy atom. The maximum atomic E-state index is 5.87. The van der Waals surface area contributed by atoms with Crippen molar-refractivity contribution in [2.75, 3.05) is 7.11 Å². The summed E-state index contributed by atoms with van der Waals surface area (Å²) in [5.41, 5.74) is 2.73. The van der Waals surface area contributed by atoms with Crippen molar-refractivity contribution in [2.45, 2.75) is 46.0 Å². The topological polar surface area (TPSA) is 35.3 Å². The van der Waals surface area contributed by atoms with Crippen LogP contribution in [0, 0.1) is 0 Å². The van der Waals surface area contributed by atoms with E-state index in [1.807, 2.05) is 6.07 Å². The first kappa shape index (κ1) is 12.9. The standard InChI is InChI=1S/C15H21NO2/c1-9(2)10-7-11(17-6)13-12(8-10)18-14(16-13)15(3,4)5/h7-9H,1-6H3. The molecule has 0 bridgehead atoms. The lowest BCUT2D eigenvalue weighted by atomic mass is 9.97. The number of nitrogens with zero attached hydrogens (tertiary/aromatic N) is 1. The van der Waals surface area contributed by atoms with Crippen molar-refractivity contribution in [3.63, 3.8) is 0 Å². The van der Waals surface area contributed by atoms with Crippen LogP contribution in [0.25, 0.3) is 11.1 Å². The second kappa shape index (κ2) is 4.30. The molecule has 0 unspecified atom stereocenters. The number of ether oxygens (including phenoxy) is 1. The minimum Gasteiger partial charge on any atom is -0.494 e. The highest BCUT2D eigenvalue weighted by Gasteiger charge is 2.23. The third-order valence-corrected chi connectivity index (χ3v) is 3.01. The van der Waals surface area contributed by atoms with Crippen LogP contribution in [-0.2, 0) is 5.41 Å². The number of rotatable bonds is 2. The van der Waals surface area contributed by atoms with Crippen LogP contribution in [0.3, 0.4) is 0 Å². The predicted octanol–water partition coefficient (Wildman–Crippen LogP) is 4.26. The number of fused-ring (bicyclic) bond motifs is 1. The first-order valence-corrected chi connectivity index (χ1v) is 6.32. The zero-order valence-electron chi connectivity index (χ0n) is 12.0. The quantitative estimate of drug-likeness (QED) is 0.795. The Hall–Kier alpha value is -1.51. The fourth-order valence-corrected chi connectivity index (χ4v) is 1.83. The molecule has 18 heavy (non-hydrogen) atoms. The summed E-state index contributed by atoms with van der Waals surface area (Å²) in [7, 11) is 1.67. The average molecular weight is 247 g/mol. The van der Waals surface area contributed by atoms with Crippen molar-refractivity contribution < 1.29 is 9.15 Å². The largest absolute Gasteiger partial charge is 0.494 e. The molecule has 3 nitrogen and oxygen atoms in total. The number of hydrogen-bond donors (Lipinski definition) is 0. The lowest BCUT2D eigenvalue weighted by molar-refractivity contribution is 0.410. The molecule has 2 aromatic rings. The zero-order valence-corrected chi connectivity index (χ0v) is 12.0. The molecule has 0 amide bonds. The van der Waals surface area contributed by atoms with Gasteiger partial charge in [0.05, 0.1) is 7.11 Å². The van der Waals surface area contributed by atoms with Gasteiger partial charge in [0.25, 0.3) is 0 Å². The summed E-state index contributed by atoms with van der Waals surface area (Å²) in [6.45, 7) is 10.6. The molecule has 0 radical (unpaired) electrons. The molecule has 2 rings (SSSR count). The maximum absolute atomic E-state index is 5.87. The lowest BCUT2D eigenvalue weighted by Gasteiger charge is -2.11. The zero-order chi connectivity index (χ0) is 13.5. The van der Waals surface area contributed by atoms with E-state index >= 15 is 0 Å². The van der Waals surface area contributed by atoms with E-state index < -0.39 is 0 Å². The van der Waals surface area contributed by atoms with Crippen molar-refractivity contribution in [3.8, 4) is 5.75 Å². The van der Waals surface area contributed by atoms with Crippen LogP contribution in [0.4, 0.5) is 0 Å². The van der Waals surface area contributed by atoms with Crippen LogP contribution in [0.1, 0.15) is 52.0 Å². The van der Waals surface area contributed by atoms with Crippen molar-refractivity contribution in [1.82, 2.24) is 4.98 Å². The number of benzene rings is 1. The van der Waals surface area contributed by atoms with E-state index in [1.54, 1.807) is 7.11 Å². The number of oxazole rings is 1. The van der Waals surface area contributed by atoms with Gasteiger partial charge >= 0.3 is 0 Å². The lowest BCUT2D eigenvalue weighted by Crippen LogP contribution is -2.11. The summed E-state index contributed by atoms with van der Waals surface area (Å²) in [6.07, 6.45) is 0. The Bertz CT molecular complexity index is 562. The van der Waals surface area contributed by atoms with Gasteiger partial charge in [0.2, 0.25) is 5.89 Å². The normalized spacial score (nSPS) is 12.4. The summed E-state index contributed by atoms with van der Waals surface area (Å²) in [4.78, 5) is 4.56. The molecule has 0 spiro atoms. The molecule has 0 N–H and O–H groups in total. The SMILES string of the molecule is COc1cc(C(C)C)cc2oc(C(C)(C)C)nc12. The van der Waals surface area contributed by atoms with Crippen LogP contribution in [0.5, 0.6) is 5.75 Å². The molecule has 1 heterocycles. The molecule has 0 fully saturated rings. The molecule has 0 aliphatic heterocycles. The van der Waals surface area contributed by atoms with Gasteiger partial charge in [-0.2, -0.15) is 0 Å². The minimum atomic E-state index is -0.0952. The number of aromatic nitrogens is 1. The third-order valence-electron chi connectivity index (χ3n) is 3.01. The van der Waals surface area contributed by atoms with Gasteiger partial charge in [-0.3, -0.25) is 0 Å². The van der Waals surface area contributed by atoms with Crippen LogP contribution in [0.2, 0.25) is 0 Å². The van der Waals surface area contributed by atoms with E-state index in [0.717, 1.165) is 22.7 Å². The summed E-state index contributed by atoms with van der Waals surface area (Å²) < 4.78 is 11.3. The highest BCUT2D eigenvalue weighted by atomic mass is 16.5. The Labute approximate surface area is 108 Å². The molecule has 3 heteroatoms. The molecule has 0 aliphatic carbocycles. The summed E-state index contributed by atoms with van der Waals surface area (Å²) in [6, 6.07) is 4.10. The van der Waals surface area contributed by atoms with Crippen LogP contribution in [0.15, 0.2) is 16.5 Å². The fraction of sp³-hybridized carbons (Fsp3) is 0.533. The Kier molecular flexibility index (Phi) is 3.09. The van der Waals surface area contributed by atoms with Crippen molar-refractivity contribution in [1.29, 1.82) is 0 Å². The Morgan fingerprint density at radius 2 is 1.89 bits per heavy atom. The van der Waals surface area contributed by atoms with Gasteiger partial charge in [0.15, 0.2) is 11.1 Å². The van der Waals surface area contributed by atoms with E-state index in [9.17, 15) is 0 Å². The minimum absolute atomic E-state index is 0.0952. The fourth-order valence-electron chi connectivity index (χ4n) is 1.83. The second-order valence-corrected chi connectivity index (χ2v) is 5.99. The first-order valence-electron chi connectivity index (χ1n) is 6.32. The van der Waals surface area contributed by atoms with Gasteiger partial charge in [-0.15, -0.1) is 0 Å². The van der Waals surface area contributed by atoms with Gasteiger partial charge in [0, 0.05) is 5.41 Å². The number of hydrogen-bond acceptors (Lipinski definition) is 3. The summed E-state index contributed by atoms with van der Waals surface area (Å²) in [5.74, 6) is 1.97. The van der Waals surface area contributed by atoms with E-state index in [1.165, 1.54) is 5.56 Å². The highest BCUT2D eigenvalue weighted by Crippen LogP contribution is 2.33. The predicted molar refractivity (Wildman–Crippen MR) is 73.4 cm³/mol. The molecule has 0 atom stereocenters. The first-order chi connectivity index (χ1) is 8.32. The second-order valence-electron chi connectivity index (χ2n) is 5.99. The van der Waals surface area contributed by atoms with Crippen molar-refractivity contribution in [2.24, 2.45) is 0 Å². The summed E-state index contributed by atoms with van der Waals surface area (Å²) >= 11 is 0. The summed E-state index contributed by atoms with van der Waals surface area (Å²) in [5, 5.41) is 0. The van der Waals surface area contributed by atoms with Crippen LogP contribution < -0.4 is 4.74 Å². The van der Waals surface area contributed by atoms with Gasteiger partial charge in [-0.05, 0) is 23.6 Å². The van der Waals surface area contributed by atoms with E-state index in [2.05, 4.69) is 45.7 Å². The monoisotopic (exact) mass is 247 g/mol. The Morgan fingerprint density at radius 1 is 1.22 bits per heavy atom. The Balaban J connectivity index is 2.67. The molecular formula is C15H21NO2. The average Bonchev–Trinajstić information content (AvgIpc) is 2.70. The van der Waals surface area contributed by atoms with E-state index in [4.69, 9.17) is 9.15 Å². The molecule has 98 valence electrons. The van der Waals surface area contributed by atoms with E-state index in [-0.39, 0.29) is 5.41 Å². The van der Waals surface area contributed by atoms with Gasteiger partial charge < -0.3 is 9.15 Å². The molecule has 0 saturated heterocycles. The maximum Gasteiger partial charge on any atom is 0.200 e. The third kappa shape index (κ3) is 2.22. The number of methoxy groups -OCH3 is 1. The van der Waals surface area contributed by atoms with E-state index in [0.29, 0.717) is 5.92 Å². The molecule has 1 aromatic heterocycles. The van der Waals surface area contributed by atoms with Gasteiger partial charge in [-0.25, -0.2) is 4.98 Å². The molecule has 1 aromatic carbocycles. The van der Waals surface area contributed by atoms with Crippen molar-refractivity contribution >= 4 is 11.1 Å². The highest BCUT2D eigenvalue weighted by molar-refractivity contribution is 5.81. The molecule has 0 aliphatic rings. The smallest absolute Gasteiger partial charge is 0.200 e.